The van der Waals surface area contributed by atoms with Gasteiger partial charge in [0.1, 0.15) is 5.75 Å². The van der Waals surface area contributed by atoms with E-state index in [9.17, 15) is 0 Å². The average Bonchev–Trinajstić information content (AvgIpc) is 2.34. The molecule has 0 spiro atoms. The van der Waals surface area contributed by atoms with E-state index in [0.717, 1.165) is 12.3 Å². The summed E-state index contributed by atoms with van der Waals surface area (Å²) in [5.74, 6) is 0.902. The summed E-state index contributed by atoms with van der Waals surface area (Å²) in [5, 5.41) is 3.43. The largest absolute Gasteiger partial charge is 0.497 e. The van der Waals surface area contributed by atoms with E-state index in [4.69, 9.17) is 10.5 Å². The van der Waals surface area contributed by atoms with Gasteiger partial charge in [-0.3, -0.25) is 0 Å². The molecule has 1 aromatic carbocycles. The fourth-order valence-electron chi connectivity index (χ4n) is 2.86. The molecule has 1 fully saturated rings. The standard InChI is InChI=1S/C14H22N2O/c1-16-13(14(10-15)8-3-9-14)11-4-6-12(17-2)7-5-11/h4-7,13,16H,3,8-10,15H2,1-2H3. The molecule has 1 aliphatic rings. The molecule has 1 unspecified atom stereocenters. The Morgan fingerprint density at radius 3 is 2.35 bits per heavy atom. The van der Waals surface area contributed by atoms with Gasteiger partial charge in [-0.25, -0.2) is 0 Å². The van der Waals surface area contributed by atoms with E-state index in [0.29, 0.717) is 6.04 Å². The van der Waals surface area contributed by atoms with Gasteiger partial charge < -0.3 is 15.8 Å². The van der Waals surface area contributed by atoms with Crippen molar-refractivity contribution in [3.8, 4) is 5.75 Å². The van der Waals surface area contributed by atoms with Crippen LogP contribution in [0, 0.1) is 5.41 Å². The zero-order valence-electron chi connectivity index (χ0n) is 10.7. The van der Waals surface area contributed by atoms with Crippen LogP contribution in [0.5, 0.6) is 5.75 Å². The third-order valence-electron chi connectivity index (χ3n) is 4.11. The average molecular weight is 234 g/mol. The Hall–Kier alpha value is -1.06. The molecule has 0 bridgehead atoms. The molecule has 3 heteroatoms. The zero-order chi connectivity index (χ0) is 12.3. The van der Waals surface area contributed by atoms with E-state index >= 15 is 0 Å². The van der Waals surface area contributed by atoms with E-state index in [1.165, 1.54) is 24.8 Å². The van der Waals surface area contributed by atoms with Gasteiger partial charge in [-0.2, -0.15) is 0 Å². The normalized spacial score (nSPS) is 19.5. The summed E-state index contributed by atoms with van der Waals surface area (Å²) in [5.41, 5.74) is 7.53. The van der Waals surface area contributed by atoms with E-state index < -0.39 is 0 Å². The molecule has 1 atom stereocenters. The Labute approximate surface area is 103 Å². The molecule has 0 aliphatic heterocycles. The maximum Gasteiger partial charge on any atom is 0.118 e. The second-order valence-corrected chi connectivity index (χ2v) is 4.91. The highest BCUT2D eigenvalue weighted by Gasteiger charge is 2.42. The molecule has 1 aliphatic carbocycles. The third kappa shape index (κ3) is 2.17. The lowest BCUT2D eigenvalue weighted by molar-refractivity contribution is 0.0879. The minimum atomic E-state index is 0.253. The minimum Gasteiger partial charge on any atom is -0.497 e. The van der Waals surface area contributed by atoms with E-state index in [2.05, 4.69) is 17.4 Å². The van der Waals surface area contributed by atoms with Crippen LogP contribution in [0.25, 0.3) is 0 Å². The third-order valence-corrected chi connectivity index (χ3v) is 4.11. The van der Waals surface area contributed by atoms with Crippen LogP contribution in [-0.2, 0) is 0 Å². The molecule has 0 aromatic heterocycles. The Balaban J connectivity index is 2.22. The first-order valence-electron chi connectivity index (χ1n) is 6.27. The van der Waals surface area contributed by atoms with Crippen molar-refractivity contribution in [3.05, 3.63) is 29.8 Å². The van der Waals surface area contributed by atoms with E-state index in [1.807, 2.05) is 19.2 Å². The molecule has 0 amide bonds. The lowest BCUT2D eigenvalue weighted by Gasteiger charge is -2.47. The van der Waals surface area contributed by atoms with Crippen molar-refractivity contribution in [2.24, 2.45) is 11.1 Å². The van der Waals surface area contributed by atoms with Crippen LogP contribution in [-0.4, -0.2) is 20.7 Å². The highest BCUT2D eigenvalue weighted by atomic mass is 16.5. The van der Waals surface area contributed by atoms with Crippen LogP contribution in [0.1, 0.15) is 30.9 Å². The smallest absolute Gasteiger partial charge is 0.118 e. The quantitative estimate of drug-likeness (QED) is 0.820. The van der Waals surface area contributed by atoms with Gasteiger partial charge in [0.05, 0.1) is 7.11 Å². The van der Waals surface area contributed by atoms with Crippen LogP contribution in [0.3, 0.4) is 0 Å². The van der Waals surface area contributed by atoms with Crippen LogP contribution in [0.4, 0.5) is 0 Å². The Morgan fingerprint density at radius 1 is 1.35 bits per heavy atom. The Bertz CT molecular complexity index is 351. The summed E-state index contributed by atoms with van der Waals surface area (Å²) >= 11 is 0. The zero-order valence-corrected chi connectivity index (χ0v) is 10.7. The first-order valence-corrected chi connectivity index (χ1v) is 6.27. The Morgan fingerprint density at radius 2 is 2.00 bits per heavy atom. The number of rotatable bonds is 5. The fraction of sp³-hybridized carbons (Fsp3) is 0.571. The summed E-state index contributed by atoms with van der Waals surface area (Å²) in [6.07, 6.45) is 3.74. The molecule has 17 heavy (non-hydrogen) atoms. The number of methoxy groups -OCH3 is 1. The summed E-state index contributed by atoms with van der Waals surface area (Å²) in [4.78, 5) is 0. The van der Waals surface area contributed by atoms with Crippen molar-refractivity contribution in [2.45, 2.75) is 25.3 Å². The SMILES string of the molecule is CNC(c1ccc(OC)cc1)C1(CN)CCC1. The van der Waals surface area contributed by atoms with Gasteiger partial charge in [0.2, 0.25) is 0 Å². The summed E-state index contributed by atoms with van der Waals surface area (Å²) in [6.45, 7) is 0.754. The highest BCUT2D eigenvalue weighted by Crippen LogP contribution is 2.49. The monoisotopic (exact) mass is 234 g/mol. The van der Waals surface area contributed by atoms with Crippen LogP contribution in [0.15, 0.2) is 24.3 Å². The number of hydrogen-bond donors (Lipinski definition) is 2. The maximum absolute atomic E-state index is 5.97. The molecule has 3 nitrogen and oxygen atoms in total. The molecular weight excluding hydrogens is 212 g/mol. The lowest BCUT2D eigenvalue weighted by atomic mass is 9.62. The van der Waals surface area contributed by atoms with E-state index in [1.54, 1.807) is 7.11 Å². The first-order chi connectivity index (χ1) is 8.25. The number of nitrogens with one attached hydrogen (secondary N) is 1. The number of benzene rings is 1. The fourth-order valence-corrected chi connectivity index (χ4v) is 2.86. The van der Waals surface area contributed by atoms with Crippen molar-refractivity contribution in [3.63, 3.8) is 0 Å². The number of nitrogens with two attached hydrogens (primary N) is 1. The van der Waals surface area contributed by atoms with Crippen molar-refractivity contribution in [1.82, 2.24) is 5.32 Å². The van der Waals surface area contributed by atoms with Gasteiger partial charge in [0.15, 0.2) is 0 Å². The molecule has 94 valence electrons. The first kappa shape index (κ1) is 12.4. The van der Waals surface area contributed by atoms with Crippen LogP contribution in [0.2, 0.25) is 0 Å². The van der Waals surface area contributed by atoms with Gasteiger partial charge in [-0.05, 0) is 44.1 Å². The van der Waals surface area contributed by atoms with Crippen LogP contribution < -0.4 is 15.8 Å². The lowest BCUT2D eigenvalue weighted by Crippen LogP contribution is -2.47. The molecule has 0 heterocycles. The molecule has 0 radical (unpaired) electrons. The van der Waals surface area contributed by atoms with Gasteiger partial charge >= 0.3 is 0 Å². The molecule has 0 saturated heterocycles. The second-order valence-electron chi connectivity index (χ2n) is 4.91. The van der Waals surface area contributed by atoms with Gasteiger partial charge in [0.25, 0.3) is 0 Å². The van der Waals surface area contributed by atoms with Crippen molar-refractivity contribution in [1.29, 1.82) is 0 Å². The summed E-state index contributed by atoms with van der Waals surface area (Å²) in [6, 6.07) is 8.66. The maximum atomic E-state index is 5.97. The van der Waals surface area contributed by atoms with Crippen molar-refractivity contribution < 1.29 is 4.74 Å². The molecule has 1 saturated carbocycles. The predicted molar refractivity (Wildman–Crippen MR) is 70.1 cm³/mol. The van der Waals surface area contributed by atoms with Gasteiger partial charge in [-0.15, -0.1) is 0 Å². The highest BCUT2D eigenvalue weighted by molar-refractivity contribution is 5.30. The molecule has 3 N–H and O–H groups in total. The second kappa shape index (κ2) is 5.07. The molecule has 2 rings (SSSR count). The Kier molecular flexibility index (Phi) is 3.69. The predicted octanol–water partition coefficient (Wildman–Crippen LogP) is 2.08. The topological polar surface area (TPSA) is 47.3 Å². The summed E-state index contributed by atoms with van der Waals surface area (Å²) in [7, 11) is 3.71. The van der Waals surface area contributed by atoms with Crippen molar-refractivity contribution >= 4 is 0 Å². The summed E-state index contributed by atoms with van der Waals surface area (Å²) < 4.78 is 5.19. The van der Waals surface area contributed by atoms with Crippen LogP contribution >= 0.6 is 0 Å². The molecule has 1 aromatic rings. The van der Waals surface area contributed by atoms with Crippen molar-refractivity contribution in [2.75, 3.05) is 20.7 Å². The van der Waals surface area contributed by atoms with Gasteiger partial charge in [-0.1, -0.05) is 18.6 Å². The minimum absolute atomic E-state index is 0.253. The number of ether oxygens (including phenoxy) is 1. The van der Waals surface area contributed by atoms with Gasteiger partial charge in [0, 0.05) is 11.5 Å². The molecular formula is C14H22N2O. The number of hydrogen-bond acceptors (Lipinski definition) is 3. The van der Waals surface area contributed by atoms with E-state index in [-0.39, 0.29) is 5.41 Å².